The molecular formula is C17H17ClN2O3. The monoisotopic (exact) mass is 332 g/mol. The van der Waals surface area contributed by atoms with Gasteiger partial charge in [-0.3, -0.25) is 9.69 Å². The van der Waals surface area contributed by atoms with Gasteiger partial charge in [-0.15, -0.1) is 0 Å². The van der Waals surface area contributed by atoms with Gasteiger partial charge in [0, 0.05) is 17.0 Å². The molecule has 23 heavy (non-hydrogen) atoms. The third-order valence-electron chi connectivity index (χ3n) is 3.65. The highest BCUT2D eigenvalue weighted by Crippen LogP contribution is 2.23. The van der Waals surface area contributed by atoms with Crippen LogP contribution in [0.2, 0.25) is 5.02 Å². The lowest BCUT2D eigenvalue weighted by Gasteiger charge is -2.22. The number of nitrogens with zero attached hydrogens (tertiary/aromatic N) is 1. The summed E-state index contributed by atoms with van der Waals surface area (Å²) in [5, 5.41) is 4.29. The third kappa shape index (κ3) is 3.41. The fourth-order valence-corrected chi connectivity index (χ4v) is 2.60. The Bertz CT molecular complexity index is 808. The van der Waals surface area contributed by atoms with Crippen molar-refractivity contribution in [2.24, 2.45) is 0 Å². The summed E-state index contributed by atoms with van der Waals surface area (Å²) < 4.78 is 11.0. The van der Waals surface area contributed by atoms with Crippen molar-refractivity contribution in [3.63, 3.8) is 0 Å². The lowest BCUT2D eigenvalue weighted by molar-refractivity contribution is 0.0913. The van der Waals surface area contributed by atoms with Gasteiger partial charge >= 0.3 is 0 Å². The van der Waals surface area contributed by atoms with E-state index in [1.807, 2.05) is 31.1 Å². The zero-order chi connectivity index (χ0) is 16.4. The summed E-state index contributed by atoms with van der Waals surface area (Å²) in [5.74, 6) is 0.793. The maximum Gasteiger partial charge on any atom is 0.287 e. The van der Waals surface area contributed by atoms with Gasteiger partial charge in [0.2, 0.25) is 0 Å². The van der Waals surface area contributed by atoms with Crippen molar-refractivity contribution in [3.05, 3.63) is 59.2 Å². The smallest absolute Gasteiger partial charge is 0.287 e. The van der Waals surface area contributed by atoms with Crippen molar-refractivity contribution in [3.8, 4) is 0 Å². The molecule has 0 saturated carbocycles. The highest BCUT2D eigenvalue weighted by atomic mass is 35.5. The molecule has 0 bridgehead atoms. The first-order valence-corrected chi connectivity index (χ1v) is 7.59. The normalized spacial score (nSPS) is 12.7. The molecule has 0 aliphatic heterocycles. The summed E-state index contributed by atoms with van der Waals surface area (Å²) in [6, 6.07) is 10.6. The van der Waals surface area contributed by atoms with Crippen molar-refractivity contribution in [2.45, 2.75) is 6.04 Å². The van der Waals surface area contributed by atoms with Crippen molar-refractivity contribution >= 4 is 28.5 Å². The van der Waals surface area contributed by atoms with Gasteiger partial charge in [-0.05, 0) is 50.5 Å². The second-order valence-corrected chi connectivity index (χ2v) is 5.93. The highest BCUT2D eigenvalue weighted by molar-refractivity contribution is 6.31. The molecule has 0 fully saturated rings. The van der Waals surface area contributed by atoms with Crippen molar-refractivity contribution in [1.82, 2.24) is 10.2 Å². The molecule has 1 unspecified atom stereocenters. The van der Waals surface area contributed by atoms with Gasteiger partial charge in [0.15, 0.2) is 5.76 Å². The van der Waals surface area contributed by atoms with E-state index in [0.717, 1.165) is 11.1 Å². The average Bonchev–Trinajstić information content (AvgIpc) is 3.15. The van der Waals surface area contributed by atoms with Crippen LogP contribution in [0.5, 0.6) is 0 Å². The van der Waals surface area contributed by atoms with E-state index >= 15 is 0 Å². The molecule has 0 radical (unpaired) electrons. The van der Waals surface area contributed by atoms with E-state index in [4.69, 9.17) is 20.4 Å². The standard InChI is InChI=1S/C17H17ClN2O3/c1-20(2)13(15-4-3-7-22-15)10-19-17(21)16-9-11-8-12(18)5-6-14(11)23-16/h3-9,13H,10H2,1-2H3,(H,19,21). The lowest BCUT2D eigenvalue weighted by atomic mass is 10.2. The first-order valence-electron chi connectivity index (χ1n) is 7.22. The predicted octanol–water partition coefficient (Wildman–Crippen LogP) is 3.71. The van der Waals surface area contributed by atoms with Crippen LogP contribution in [0.25, 0.3) is 11.0 Å². The van der Waals surface area contributed by atoms with Gasteiger partial charge in [-0.2, -0.15) is 0 Å². The molecule has 0 aliphatic rings. The summed E-state index contributed by atoms with van der Waals surface area (Å²) in [7, 11) is 3.87. The number of fused-ring (bicyclic) bond motifs is 1. The zero-order valence-electron chi connectivity index (χ0n) is 12.9. The number of hydrogen-bond acceptors (Lipinski definition) is 4. The Hall–Kier alpha value is -2.24. The van der Waals surface area contributed by atoms with E-state index < -0.39 is 0 Å². The largest absolute Gasteiger partial charge is 0.468 e. The van der Waals surface area contributed by atoms with Gasteiger partial charge in [0.1, 0.15) is 11.3 Å². The van der Waals surface area contributed by atoms with Crippen molar-refractivity contribution < 1.29 is 13.6 Å². The average molecular weight is 333 g/mol. The maximum atomic E-state index is 12.3. The van der Waals surface area contributed by atoms with Crippen LogP contribution in [0.3, 0.4) is 0 Å². The second-order valence-electron chi connectivity index (χ2n) is 5.50. The SMILES string of the molecule is CN(C)C(CNC(=O)c1cc2cc(Cl)ccc2o1)c1ccco1. The van der Waals surface area contributed by atoms with Crippen LogP contribution >= 0.6 is 11.6 Å². The van der Waals surface area contributed by atoms with Crippen molar-refractivity contribution in [2.75, 3.05) is 20.6 Å². The first kappa shape index (κ1) is 15.6. The molecule has 120 valence electrons. The Labute approximate surface area is 138 Å². The molecule has 1 N–H and O–H groups in total. The fraction of sp³-hybridized carbons (Fsp3) is 0.235. The zero-order valence-corrected chi connectivity index (χ0v) is 13.6. The molecule has 6 heteroatoms. The van der Waals surface area contributed by atoms with E-state index in [2.05, 4.69) is 5.32 Å². The minimum atomic E-state index is -0.268. The molecule has 1 amide bonds. The Morgan fingerprint density at radius 2 is 2.13 bits per heavy atom. The molecular weight excluding hydrogens is 316 g/mol. The number of hydrogen-bond donors (Lipinski definition) is 1. The van der Waals surface area contributed by atoms with E-state index in [0.29, 0.717) is 17.2 Å². The fourth-order valence-electron chi connectivity index (χ4n) is 2.42. The number of likely N-dealkylation sites (N-methyl/N-ethyl adjacent to an activating group) is 1. The van der Waals surface area contributed by atoms with E-state index in [-0.39, 0.29) is 17.7 Å². The van der Waals surface area contributed by atoms with E-state index in [9.17, 15) is 4.79 Å². The molecule has 3 rings (SSSR count). The maximum absolute atomic E-state index is 12.3. The minimum Gasteiger partial charge on any atom is -0.468 e. The van der Waals surface area contributed by atoms with Crippen LogP contribution in [0.1, 0.15) is 22.4 Å². The molecule has 5 nitrogen and oxygen atoms in total. The summed E-state index contributed by atoms with van der Waals surface area (Å²) in [4.78, 5) is 14.3. The first-order chi connectivity index (χ1) is 11.0. The molecule has 0 aliphatic carbocycles. The van der Waals surface area contributed by atoms with Gasteiger partial charge in [0.05, 0.1) is 12.3 Å². The second kappa shape index (κ2) is 6.48. The van der Waals surface area contributed by atoms with Crippen LogP contribution in [-0.2, 0) is 0 Å². The summed E-state index contributed by atoms with van der Waals surface area (Å²) in [6.45, 7) is 0.414. The Morgan fingerprint density at radius 3 is 2.83 bits per heavy atom. The number of halogens is 1. The van der Waals surface area contributed by atoms with Crippen LogP contribution < -0.4 is 5.32 Å². The third-order valence-corrected chi connectivity index (χ3v) is 3.89. The molecule has 1 atom stereocenters. The van der Waals surface area contributed by atoms with Gasteiger partial charge in [0.25, 0.3) is 5.91 Å². The van der Waals surface area contributed by atoms with Gasteiger partial charge in [-0.25, -0.2) is 0 Å². The van der Waals surface area contributed by atoms with E-state index in [1.165, 1.54) is 0 Å². The lowest BCUT2D eigenvalue weighted by Crippen LogP contribution is -2.34. The molecule has 0 spiro atoms. The van der Waals surface area contributed by atoms with Crippen LogP contribution in [0.15, 0.2) is 51.5 Å². The number of carbonyl (C=O) groups is 1. The molecule has 2 aromatic heterocycles. The van der Waals surface area contributed by atoms with Crippen LogP contribution in [0.4, 0.5) is 0 Å². The van der Waals surface area contributed by atoms with Crippen LogP contribution in [0, 0.1) is 0 Å². The number of benzene rings is 1. The highest BCUT2D eigenvalue weighted by Gasteiger charge is 2.19. The number of carbonyl (C=O) groups excluding carboxylic acids is 1. The Kier molecular flexibility index (Phi) is 4.41. The Balaban J connectivity index is 1.72. The minimum absolute atomic E-state index is 0.0484. The summed E-state index contributed by atoms with van der Waals surface area (Å²) in [5.41, 5.74) is 0.634. The summed E-state index contributed by atoms with van der Waals surface area (Å²) in [6.07, 6.45) is 1.62. The van der Waals surface area contributed by atoms with Crippen molar-refractivity contribution in [1.29, 1.82) is 0 Å². The molecule has 1 aromatic carbocycles. The van der Waals surface area contributed by atoms with Gasteiger partial charge in [-0.1, -0.05) is 11.6 Å². The quantitative estimate of drug-likeness (QED) is 0.773. The molecule has 2 heterocycles. The number of nitrogens with one attached hydrogen (secondary N) is 1. The number of amides is 1. The van der Waals surface area contributed by atoms with Gasteiger partial charge < -0.3 is 14.2 Å². The summed E-state index contributed by atoms with van der Waals surface area (Å²) >= 11 is 5.94. The number of furan rings is 2. The topological polar surface area (TPSA) is 58.6 Å². The number of rotatable bonds is 5. The molecule has 0 saturated heterocycles. The predicted molar refractivity (Wildman–Crippen MR) is 88.7 cm³/mol. The molecule has 3 aromatic rings. The Morgan fingerprint density at radius 1 is 1.30 bits per heavy atom. The van der Waals surface area contributed by atoms with E-state index in [1.54, 1.807) is 30.5 Å². The van der Waals surface area contributed by atoms with Crippen LogP contribution in [-0.4, -0.2) is 31.4 Å².